The van der Waals surface area contributed by atoms with Crippen LogP contribution in [0.15, 0.2) is 67.1 Å². The molecule has 3 aromatic rings. The van der Waals surface area contributed by atoms with Crippen molar-refractivity contribution in [3.05, 3.63) is 95.3 Å². The summed E-state index contributed by atoms with van der Waals surface area (Å²) in [7, 11) is 0. The van der Waals surface area contributed by atoms with Gasteiger partial charge in [-0.05, 0) is 69.9 Å². The molecular formula is C31H37FN4O5. The highest BCUT2D eigenvalue weighted by Crippen LogP contribution is 2.35. The van der Waals surface area contributed by atoms with Gasteiger partial charge in [0.1, 0.15) is 11.7 Å². The standard InChI is InChI=1S/C31H37FN4O5/c1-31(2,3)41-30(40)36-25(12-13-26(36)27(38)23-6-4-14-33-19-23)18-21-8-10-22(11-9-21)29(39)35(16-17-37)20-24-7-5-15-34-28(24)32/h4-11,14-15,19,25-27,37-38H,12-13,16-18,20H2,1-3H3/t25-,26+,27+/m0/s1. The number of hydrogen-bond donors (Lipinski definition) is 2. The van der Waals surface area contributed by atoms with E-state index in [1.54, 1.807) is 74.5 Å². The number of halogens is 1. The van der Waals surface area contributed by atoms with Gasteiger partial charge in [-0.1, -0.05) is 24.3 Å². The number of carbonyl (C=O) groups is 2. The Labute approximate surface area is 239 Å². The van der Waals surface area contributed by atoms with Gasteiger partial charge in [-0.3, -0.25) is 14.7 Å². The van der Waals surface area contributed by atoms with Gasteiger partial charge in [0.2, 0.25) is 5.95 Å². The number of carbonyl (C=O) groups excluding carboxylic acids is 2. The molecule has 1 aromatic carbocycles. The lowest BCUT2D eigenvalue weighted by Gasteiger charge is -2.34. The second kappa shape index (κ2) is 13.2. The minimum absolute atomic E-state index is 0.0195. The van der Waals surface area contributed by atoms with Gasteiger partial charge < -0.3 is 19.8 Å². The van der Waals surface area contributed by atoms with Crippen LogP contribution in [-0.2, 0) is 17.7 Å². The molecule has 218 valence electrons. The Kier molecular flexibility index (Phi) is 9.67. The second-order valence-electron chi connectivity index (χ2n) is 11.2. The zero-order valence-corrected chi connectivity index (χ0v) is 23.6. The third-order valence-corrected chi connectivity index (χ3v) is 7.07. The zero-order valence-electron chi connectivity index (χ0n) is 23.6. The Bertz CT molecular complexity index is 1320. The second-order valence-corrected chi connectivity index (χ2v) is 11.2. The highest BCUT2D eigenvalue weighted by atomic mass is 19.1. The van der Waals surface area contributed by atoms with Gasteiger partial charge in [-0.25, -0.2) is 9.78 Å². The van der Waals surface area contributed by atoms with Crippen LogP contribution in [-0.4, -0.2) is 72.8 Å². The molecule has 2 aromatic heterocycles. The first kappa shape index (κ1) is 30.1. The number of benzene rings is 1. The van der Waals surface area contributed by atoms with Crippen molar-refractivity contribution < 1.29 is 28.9 Å². The molecule has 3 atom stereocenters. The largest absolute Gasteiger partial charge is 0.444 e. The van der Waals surface area contributed by atoms with E-state index < -0.39 is 29.8 Å². The fraction of sp³-hybridized carbons (Fsp3) is 0.419. The van der Waals surface area contributed by atoms with Gasteiger partial charge >= 0.3 is 6.09 Å². The highest BCUT2D eigenvalue weighted by Gasteiger charge is 2.43. The Morgan fingerprint density at radius 3 is 2.49 bits per heavy atom. The van der Waals surface area contributed by atoms with Gasteiger partial charge in [0.05, 0.1) is 19.2 Å². The minimum Gasteiger partial charge on any atom is -0.444 e. The third kappa shape index (κ3) is 7.65. The molecule has 0 unspecified atom stereocenters. The smallest absolute Gasteiger partial charge is 0.410 e. The number of amides is 2. The fourth-order valence-corrected chi connectivity index (χ4v) is 5.15. The zero-order chi connectivity index (χ0) is 29.6. The summed E-state index contributed by atoms with van der Waals surface area (Å²) in [6.07, 6.45) is 4.94. The SMILES string of the molecule is CC(C)(C)OC(=O)N1[C@H](Cc2ccc(C(=O)N(CCO)Cc3cccnc3F)cc2)CC[C@@H]1[C@H](O)c1cccnc1. The number of hydrogen-bond acceptors (Lipinski definition) is 7. The third-order valence-electron chi connectivity index (χ3n) is 7.07. The first-order chi connectivity index (χ1) is 19.6. The van der Waals surface area contributed by atoms with Crippen LogP contribution in [0.2, 0.25) is 0 Å². The molecule has 0 spiro atoms. The van der Waals surface area contributed by atoms with Crippen LogP contribution in [0.3, 0.4) is 0 Å². The summed E-state index contributed by atoms with van der Waals surface area (Å²) in [4.78, 5) is 37.3. The maximum Gasteiger partial charge on any atom is 0.410 e. The molecule has 41 heavy (non-hydrogen) atoms. The molecule has 3 heterocycles. The van der Waals surface area contributed by atoms with E-state index in [-0.39, 0.29) is 37.2 Å². The van der Waals surface area contributed by atoms with Gasteiger partial charge in [-0.15, -0.1) is 0 Å². The van der Waals surface area contributed by atoms with Gasteiger partial charge in [0.25, 0.3) is 5.91 Å². The minimum atomic E-state index is -0.914. The predicted octanol–water partition coefficient (Wildman–Crippen LogP) is 4.29. The van der Waals surface area contributed by atoms with Crippen LogP contribution < -0.4 is 0 Å². The van der Waals surface area contributed by atoms with Crippen molar-refractivity contribution in [3.63, 3.8) is 0 Å². The molecule has 0 radical (unpaired) electrons. The highest BCUT2D eigenvalue weighted by molar-refractivity contribution is 5.94. The molecular weight excluding hydrogens is 527 g/mol. The van der Waals surface area contributed by atoms with Crippen LogP contribution in [0.4, 0.5) is 9.18 Å². The van der Waals surface area contributed by atoms with E-state index in [9.17, 15) is 24.2 Å². The lowest BCUT2D eigenvalue weighted by atomic mass is 10.0. The van der Waals surface area contributed by atoms with E-state index in [0.717, 1.165) is 5.56 Å². The van der Waals surface area contributed by atoms with Gasteiger partial charge in [0, 0.05) is 47.9 Å². The number of aliphatic hydroxyl groups excluding tert-OH is 2. The van der Waals surface area contributed by atoms with Crippen LogP contribution in [0.1, 0.15) is 66.8 Å². The first-order valence-corrected chi connectivity index (χ1v) is 13.7. The number of nitrogens with zero attached hydrogens (tertiary/aromatic N) is 4. The fourth-order valence-electron chi connectivity index (χ4n) is 5.15. The Morgan fingerprint density at radius 2 is 1.85 bits per heavy atom. The van der Waals surface area contributed by atoms with E-state index >= 15 is 0 Å². The van der Waals surface area contributed by atoms with Crippen LogP contribution in [0.5, 0.6) is 0 Å². The molecule has 2 amide bonds. The summed E-state index contributed by atoms with van der Waals surface area (Å²) in [6.45, 7) is 5.18. The summed E-state index contributed by atoms with van der Waals surface area (Å²) in [5.41, 5.74) is 1.50. The average molecular weight is 565 g/mol. The lowest BCUT2D eigenvalue weighted by Crippen LogP contribution is -2.47. The van der Waals surface area contributed by atoms with Gasteiger partial charge in [-0.2, -0.15) is 4.39 Å². The molecule has 9 nitrogen and oxygen atoms in total. The summed E-state index contributed by atoms with van der Waals surface area (Å²) in [5.74, 6) is -0.999. The van der Waals surface area contributed by atoms with Crippen molar-refractivity contribution in [1.29, 1.82) is 0 Å². The predicted molar refractivity (Wildman–Crippen MR) is 150 cm³/mol. The molecule has 1 saturated heterocycles. The molecule has 4 rings (SSSR count). The number of ether oxygens (including phenoxy) is 1. The summed E-state index contributed by atoms with van der Waals surface area (Å²) < 4.78 is 19.8. The molecule has 1 aliphatic heterocycles. The maximum absolute atomic E-state index is 14.1. The Hall–Kier alpha value is -3.89. The molecule has 1 aliphatic rings. The quantitative estimate of drug-likeness (QED) is 0.373. The van der Waals surface area contributed by atoms with Gasteiger partial charge in [0.15, 0.2) is 0 Å². The van der Waals surface area contributed by atoms with Crippen LogP contribution >= 0.6 is 0 Å². The van der Waals surface area contributed by atoms with E-state index in [0.29, 0.717) is 30.4 Å². The van der Waals surface area contributed by atoms with Crippen molar-refractivity contribution >= 4 is 12.0 Å². The molecule has 0 saturated carbocycles. The van der Waals surface area contributed by atoms with E-state index in [2.05, 4.69) is 9.97 Å². The molecule has 10 heteroatoms. The van der Waals surface area contributed by atoms with Crippen molar-refractivity contribution in [2.45, 2.75) is 70.4 Å². The average Bonchev–Trinajstić information content (AvgIpc) is 3.36. The molecule has 1 fully saturated rings. The number of aromatic nitrogens is 2. The molecule has 0 bridgehead atoms. The summed E-state index contributed by atoms with van der Waals surface area (Å²) in [5, 5.41) is 20.7. The number of pyridine rings is 2. The number of likely N-dealkylation sites (tertiary alicyclic amines) is 1. The van der Waals surface area contributed by atoms with Crippen molar-refractivity contribution in [2.24, 2.45) is 0 Å². The van der Waals surface area contributed by atoms with Crippen molar-refractivity contribution in [3.8, 4) is 0 Å². The van der Waals surface area contributed by atoms with Crippen molar-refractivity contribution in [1.82, 2.24) is 19.8 Å². The number of rotatable bonds is 9. The summed E-state index contributed by atoms with van der Waals surface area (Å²) >= 11 is 0. The normalized spacial score (nSPS) is 17.8. The monoisotopic (exact) mass is 564 g/mol. The Balaban J connectivity index is 1.50. The summed E-state index contributed by atoms with van der Waals surface area (Å²) in [6, 6.07) is 13.0. The van der Waals surface area contributed by atoms with E-state index in [1.807, 2.05) is 12.1 Å². The van der Waals surface area contributed by atoms with E-state index in [1.165, 1.54) is 11.1 Å². The van der Waals surface area contributed by atoms with Crippen molar-refractivity contribution in [2.75, 3.05) is 13.2 Å². The lowest BCUT2D eigenvalue weighted by molar-refractivity contribution is -0.00459. The maximum atomic E-state index is 14.1. The number of aliphatic hydroxyl groups is 2. The molecule has 0 aliphatic carbocycles. The Morgan fingerprint density at radius 1 is 1.12 bits per heavy atom. The molecule has 2 N–H and O–H groups in total. The van der Waals surface area contributed by atoms with Crippen LogP contribution in [0, 0.1) is 5.95 Å². The van der Waals surface area contributed by atoms with Crippen LogP contribution in [0.25, 0.3) is 0 Å². The first-order valence-electron chi connectivity index (χ1n) is 13.7. The topological polar surface area (TPSA) is 116 Å². The van der Waals surface area contributed by atoms with E-state index in [4.69, 9.17) is 4.74 Å².